The van der Waals surface area contributed by atoms with Crippen molar-refractivity contribution in [3.8, 4) is 5.75 Å². The highest BCUT2D eigenvalue weighted by Crippen LogP contribution is 2.26. The number of benzene rings is 1. The molecule has 0 aliphatic rings. The summed E-state index contributed by atoms with van der Waals surface area (Å²) in [7, 11) is 1.58. The Bertz CT molecular complexity index is 394. The van der Waals surface area contributed by atoms with E-state index in [-0.39, 0.29) is 12.5 Å². The Morgan fingerprint density at radius 1 is 1.56 bits per heavy atom. The van der Waals surface area contributed by atoms with E-state index in [2.05, 4.69) is 5.32 Å². The lowest BCUT2D eigenvalue weighted by molar-refractivity contribution is -0.119. The van der Waals surface area contributed by atoms with E-state index in [1.54, 1.807) is 13.2 Å². The maximum Gasteiger partial charge on any atom is 0.234 e. The molecule has 0 aromatic heterocycles. The minimum atomic E-state index is -0.209. The third kappa shape index (κ3) is 3.12. The molecule has 5 heteroatoms. The van der Waals surface area contributed by atoms with Crippen LogP contribution in [0.4, 0.5) is 0 Å². The van der Waals surface area contributed by atoms with Gasteiger partial charge in [0.1, 0.15) is 5.75 Å². The van der Waals surface area contributed by atoms with Gasteiger partial charge >= 0.3 is 0 Å². The first kappa shape index (κ1) is 12.8. The number of carbonyl (C=O) groups excluding carboxylic acids is 1. The van der Waals surface area contributed by atoms with Crippen LogP contribution in [0.1, 0.15) is 11.1 Å². The van der Waals surface area contributed by atoms with Crippen LogP contribution in [-0.4, -0.2) is 19.6 Å². The highest BCUT2D eigenvalue weighted by atomic mass is 35.5. The zero-order valence-electron chi connectivity index (χ0n) is 9.34. The molecular formula is C11H15ClN2O2. The van der Waals surface area contributed by atoms with Crippen LogP contribution in [-0.2, 0) is 11.3 Å². The third-order valence-corrected chi connectivity index (χ3v) is 2.63. The molecule has 1 aromatic rings. The zero-order chi connectivity index (χ0) is 12.1. The number of amides is 1. The molecule has 0 atom stereocenters. The Labute approximate surface area is 99.7 Å². The van der Waals surface area contributed by atoms with Crippen molar-refractivity contribution in [3.05, 3.63) is 28.3 Å². The van der Waals surface area contributed by atoms with Crippen LogP contribution in [0.3, 0.4) is 0 Å². The molecule has 0 radical (unpaired) electrons. The number of aryl methyl sites for hydroxylation is 1. The lowest BCUT2D eigenvalue weighted by Gasteiger charge is -2.11. The van der Waals surface area contributed by atoms with Crippen molar-refractivity contribution >= 4 is 17.5 Å². The molecule has 0 aliphatic carbocycles. The Hall–Kier alpha value is -1.26. The van der Waals surface area contributed by atoms with Crippen LogP contribution in [0.5, 0.6) is 5.75 Å². The van der Waals surface area contributed by atoms with Crippen LogP contribution in [0.2, 0.25) is 5.02 Å². The Morgan fingerprint density at radius 3 is 2.81 bits per heavy atom. The lowest BCUT2D eigenvalue weighted by Crippen LogP contribution is -2.29. The molecule has 88 valence electrons. The predicted molar refractivity (Wildman–Crippen MR) is 63.6 cm³/mol. The molecule has 3 N–H and O–H groups in total. The summed E-state index contributed by atoms with van der Waals surface area (Å²) in [6.45, 7) is 2.23. The molecule has 0 unspecified atom stereocenters. The van der Waals surface area contributed by atoms with Crippen LogP contribution in [0.15, 0.2) is 12.1 Å². The topological polar surface area (TPSA) is 64.3 Å². The number of nitrogens with two attached hydrogens (primary N) is 1. The molecule has 1 aromatic carbocycles. The Balaban J connectivity index is 2.86. The van der Waals surface area contributed by atoms with Gasteiger partial charge in [0.25, 0.3) is 0 Å². The van der Waals surface area contributed by atoms with Crippen LogP contribution < -0.4 is 15.8 Å². The number of hydrogen-bond acceptors (Lipinski definition) is 3. The van der Waals surface area contributed by atoms with Gasteiger partial charge in [0, 0.05) is 17.1 Å². The fraction of sp³-hybridized carbons (Fsp3) is 0.364. The summed E-state index contributed by atoms with van der Waals surface area (Å²) < 4.78 is 5.21. The average molecular weight is 243 g/mol. The summed E-state index contributed by atoms with van der Waals surface area (Å²) in [5.41, 5.74) is 6.96. The van der Waals surface area contributed by atoms with E-state index < -0.39 is 0 Å². The highest BCUT2D eigenvalue weighted by molar-refractivity contribution is 6.31. The molecule has 0 bridgehead atoms. The predicted octanol–water partition coefficient (Wildman–Crippen LogP) is 1.23. The van der Waals surface area contributed by atoms with Crippen LogP contribution in [0.25, 0.3) is 0 Å². The van der Waals surface area contributed by atoms with Gasteiger partial charge in [-0.05, 0) is 24.6 Å². The SMILES string of the molecule is COc1cc(C)c(Cl)cc1CNC(=O)CN. The summed E-state index contributed by atoms with van der Waals surface area (Å²) in [5.74, 6) is 0.498. The van der Waals surface area contributed by atoms with Crippen molar-refractivity contribution in [1.82, 2.24) is 5.32 Å². The van der Waals surface area contributed by atoms with Gasteiger partial charge in [-0.1, -0.05) is 11.6 Å². The number of nitrogens with one attached hydrogen (secondary N) is 1. The number of hydrogen-bond donors (Lipinski definition) is 2. The number of halogens is 1. The second-order valence-electron chi connectivity index (χ2n) is 3.39. The van der Waals surface area contributed by atoms with Gasteiger partial charge in [0.15, 0.2) is 0 Å². The Morgan fingerprint density at radius 2 is 2.25 bits per heavy atom. The van der Waals surface area contributed by atoms with Gasteiger partial charge in [-0.15, -0.1) is 0 Å². The second-order valence-corrected chi connectivity index (χ2v) is 3.80. The van der Waals surface area contributed by atoms with E-state index in [1.807, 2.05) is 13.0 Å². The van der Waals surface area contributed by atoms with Crippen molar-refractivity contribution in [2.45, 2.75) is 13.5 Å². The summed E-state index contributed by atoms with van der Waals surface area (Å²) in [6, 6.07) is 3.62. The van der Waals surface area contributed by atoms with Gasteiger partial charge in [0.05, 0.1) is 13.7 Å². The van der Waals surface area contributed by atoms with E-state index in [1.165, 1.54) is 0 Å². The summed E-state index contributed by atoms with van der Waals surface area (Å²) in [5, 5.41) is 3.32. The van der Waals surface area contributed by atoms with Crippen LogP contribution in [0, 0.1) is 6.92 Å². The molecule has 1 amide bonds. The standard InChI is InChI=1S/C11H15ClN2O2/c1-7-3-10(16-2)8(4-9(7)12)6-14-11(15)5-13/h3-4H,5-6,13H2,1-2H3,(H,14,15). The van der Waals surface area contributed by atoms with Gasteiger partial charge in [-0.2, -0.15) is 0 Å². The normalized spacial score (nSPS) is 10.0. The van der Waals surface area contributed by atoms with Gasteiger partial charge in [-0.25, -0.2) is 0 Å². The molecule has 4 nitrogen and oxygen atoms in total. The first-order chi connectivity index (χ1) is 7.58. The van der Waals surface area contributed by atoms with E-state index >= 15 is 0 Å². The van der Waals surface area contributed by atoms with Gasteiger partial charge in [0.2, 0.25) is 5.91 Å². The fourth-order valence-corrected chi connectivity index (χ4v) is 1.48. The second kappa shape index (κ2) is 5.72. The van der Waals surface area contributed by atoms with Crippen LogP contribution >= 0.6 is 11.6 Å². The molecular weight excluding hydrogens is 228 g/mol. The van der Waals surface area contributed by atoms with Crippen molar-refractivity contribution in [3.63, 3.8) is 0 Å². The summed E-state index contributed by atoms with van der Waals surface area (Å²) in [4.78, 5) is 11.0. The van der Waals surface area contributed by atoms with Crippen molar-refractivity contribution < 1.29 is 9.53 Å². The van der Waals surface area contributed by atoms with E-state index in [4.69, 9.17) is 22.1 Å². The van der Waals surface area contributed by atoms with Gasteiger partial charge in [-0.3, -0.25) is 4.79 Å². The number of carbonyl (C=O) groups is 1. The third-order valence-electron chi connectivity index (χ3n) is 2.22. The monoisotopic (exact) mass is 242 g/mol. The molecule has 0 fully saturated rings. The molecule has 0 heterocycles. The van der Waals surface area contributed by atoms with Crippen molar-refractivity contribution in [2.75, 3.05) is 13.7 Å². The summed E-state index contributed by atoms with van der Waals surface area (Å²) >= 11 is 6.00. The zero-order valence-corrected chi connectivity index (χ0v) is 10.1. The fourth-order valence-electron chi connectivity index (χ4n) is 1.29. The first-order valence-electron chi connectivity index (χ1n) is 4.88. The molecule has 0 saturated heterocycles. The summed E-state index contributed by atoms with van der Waals surface area (Å²) in [6.07, 6.45) is 0. The largest absolute Gasteiger partial charge is 0.496 e. The van der Waals surface area contributed by atoms with E-state index in [0.29, 0.717) is 17.3 Å². The molecule has 0 aliphatic heterocycles. The van der Waals surface area contributed by atoms with Crippen molar-refractivity contribution in [1.29, 1.82) is 0 Å². The Kier molecular flexibility index (Phi) is 4.58. The smallest absolute Gasteiger partial charge is 0.234 e. The molecule has 16 heavy (non-hydrogen) atoms. The van der Waals surface area contributed by atoms with E-state index in [0.717, 1.165) is 11.1 Å². The maximum absolute atomic E-state index is 11.0. The van der Waals surface area contributed by atoms with Gasteiger partial charge < -0.3 is 15.8 Å². The first-order valence-corrected chi connectivity index (χ1v) is 5.26. The van der Waals surface area contributed by atoms with E-state index in [9.17, 15) is 4.79 Å². The molecule has 0 saturated carbocycles. The number of methoxy groups -OCH3 is 1. The number of rotatable bonds is 4. The average Bonchev–Trinajstić information content (AvgIpc) is 2.29. The quantitative estimate of drug-likeness (QED) is 0.835. The lowest BCUT2D eigenvalue weighted by atomic mass is 10.1. The number of ether oxygens (including phenoxy) is 1. The minimum Gasteiger partial charge on any atom is -0.496 e. The van der Waals surface area contributed by atoms with Crippen molar-refractivity contribution in [2.24, 2.45) is 5.73 Å². The molecule has 0 spiro atoms. The minimum absolute atomic E-state index is 0.0259. The highest BCUT2D eigenvalue weighted by Gasteiger charge is 2.07. The maximum atomic E-state index is 11.0. The molecule has 1 rings (SSSR count).